The highest BCUT2D eigenvalue weighted by atomic mass is 15.4. The van der Waals surface area contributed by atoms with Gasteiger partial charge in [0.2, 0.25) is 0 Å². The lowest BCUT2D eigenvalue weighted by Gasteiger charge is -2.07. The molecule has 0 atom stereocenters. The van der Waals surface area contributed by atoms with Crippen LogP contribution < -0.4 is 5.73 Å². The second-order valence-corrected chi connectivity index (χ2v) is 5.45. The summed E-state index contributed by atoms with van der Waals surface area (Å²) in [6, 6.07) is 0. The highest BCUT2D eigenvalue weighted by Crippen LogP contribution is 2.33. The highest BCUT2D eigenvalue weighted by Gasteiger charge is 2.25. The lowest BCUT2D eigenvalue weighted by atomic mass is 10.1. The first-order chi connectivity index (χ1) is 8.85. The summed E-state index contributed by atoms with van der Waals surface area (Å²) in [5.41, 5.74) is 8.15. The van der Waals surface area contributed by atoms with Crippen LogP contribution in [0.25, 0.3) is 0 Å². The Morgan fingerprint density at radius 3 is 2.78 bits per heavy atom. The van der Waals surface area contributed by atoms with E-state index in [9.17, 15) is 0 Å². The van der Waals surface area contributed by atoms with Crippen molar-refractivity contribution in [3.63, 3.8) is 0 Å². The standard InChI is InChI=1S/C14H26N4/c1-2-3-4-5-10-18-14(11-12-6-7-12)13(8-9-15)16-17-18/h12H,2-11,15H2,1H3. The summed E-state index contributed by atoms with van der Waals surface area (Å²) in [4.78, 5) is 0. The summed E-state index contributed by atoms with van der Waals surface area (Å²) in [7, 11) is 0. The minimum absolute atomic E-state index is 0.673. The van der Waals surface area contributed by atoms with Crippen LogP contribution >= 0.6 is 0 Å². The molecule has 0 radical (unpaired) electrons. The molecule has 2 rings (SSSR count). The Morgan fingerprint density at radius 1 is 1.28 bits per heavy atom. The number of nitrogens with two attached hydrogens (primary N) is 1. The van der Waals surface area contributed by atoms with Crippen LogP contribution in [0.4, 0.5) is 0 Å². The van der Waals surface area contributed by atoms with E-state index < -0.39 is 0 Å². The topological polar surface area (TPSA) is 56.7 Å². The van der Waals surface area contributed by atoms with Crippen LogP contribution in [0, 0.1) is 5.92 Å². The van der Waals surface area contributed by atoms with Crippen LogP contribution in [-0.4, -0.2) is 21.5 Å². The molecule has 0 unspecified atom stereocenters. The molecule has 18 heavy (non-hydrogen) atoms. The third kappa shape index (κ3) is 3.80. The van der Waals surface area contributed by atoms with Gasteiger partial charge in [0.05, 0.1) is 11.4 Å². The molecule has 0 saturated heterocycles. The summed E-state index contributed by atoms with van der Waals surface area (Å²) in [5, 5.41) is 8.64. The number of nitrogens with zero attached hydrogens (tertiary/aromatic N) is 3. The van der Waals surface area contributed by atoms with E-state index >= 15 is 0 Å². The molecule has 0 spiro atoms. The molecule has 0 amide bonds. The maximum absolute atomic E-state index is 5.65. The Balaban J connectivity index is 1.93. The Labute approximate surface area is 110 Å². The third-order valence-corrected chi connectivity index (χ3v) is 3.70. The normalized spacial score (nSPS) is 15.2. The van der Waals surface area contributed by atoms with Gasteiger partial charge in [0.25, 0.3) is 0 Å². The van der Waals surface area contributed by atoms with Gasteiger partial charge in [-0.3, -0.25) is 0 Å². The van der Waals surface area contributed by atoms with Crippen molar-refractivity contribution >= 4 is 0 Å². The maximum atomic E-state index is 5.65. The predicted octanol–water partition coefficient (Wildman–Crippen LogP) is 2.31. The molecule has 1 aliphatic rings. The maximum Gasteiger partial charge on any atom is 0.0871 e. The van der Waals surface area contributed by atoms with Gasteiger partial charge in [-0.1, -0.05) is 31.4 Å². The molecule has 1 aromatic rings. The van der Waals surface area contributed by atoms with E-state index in [0.29, 0.717) is 6.54 Å². The summed E-state index contributed by atoms with van der Waals surface area (Å²) < 4.78 is 2.14. The van der Waals surface area contributed by atoms with Gasteiger partial charge in [0.1, 0.15) is 0 Å². The van der Waals surface area contributed by atoms with Gasteiger partial charge in [-0.15, -0.1) is 5.10 Å². The van der Waals surface area contributed by atoms with E-state index in [0.717, 1.165) is 31.0 Å². The molecule has 2 N–H and O–H groups in total. The Morgan fingerprint density at radius 2 is 2.11 bits per heavy atom. The molecule has 1 fully saturated rings. The zero-order chi connectivity index (χ0) is 12.8. The largest absolute Gasteiger partial charge is 0.330 e. The van der Waals surface area contributed by atoms with Crippen molar-refractivity contribution in [2.24, 2.45) is 11.7 Å². The Hall–Kier alpha value is -0.900. The zero-order valence-electron chi connectivity index (χ0n) is 11.6. The zero-order valence-corrected chi connectivity index (χ0v) is 11.6. The quantitative estimate of drug-likeness (QED) is 0.684. The molecule has 0 aromatic carbocycles. The van der Waals surface area contributed by atoms with Crippen molar-refractivity contribution in [1.29, 1.82) is 0 Å². The van der Waals surface area contributed by atoms with Crippen LogP contribution in [0.15, 0.2) is 0 Å². The SMILES string of the molecule is CCCCCCn1nnc(CCN)c1CC1CC1. The number of aryl methyl sites for hydroxylation is 1. The number of hydrogen-bond acceptors (Lipinski definition) is 3. The number of hydrogen-bond donors (Lipinski definition) is 1. The van der Waals surface area contributed by atoms with Gasteiger partial charge >= 0.3 is 0 Å². The van der Waals surface area contributed by atoms with E-state index in [4.69, 9.17) is 5.73 Å². The smallest absolute Gasteiger partial charge is 0.0871 e. The second-order valence-electron chi connectivity index (χ2n) is 5.45. The van der Waals surface area contributed by atoms with Crippen molar-refractivity contribution in [2.75, 3.05) is 6.54 Å². The summed E-state index contributed by atoms with van der Waals surface area (Å²) in [6.45, 7) is 3.94. The molecule has 4 heteroatoms. The van der Waals surface area contributed by atoms with Gasteiger partial charge in [-0.25, -0.2) is 4.68 Å². The highest BCUT2D eigenvalue weighted by molar-refractivity contribution is 5.13. The second kappa shape index (κ2) is 6.88. The minimum atomic E-state index is 0.673. The lowest BCUT2D eigenvalue weighted by Crippen LogP contribution is -2.10. The van der Waals surface area contributed by atoms with Crippen LogP contribution in [0.5, 0.6) is 0 Å². The van der Waals surface area contributed by atoms with Crippen molar-refractivity contribution < 1.29 is 0 Å². The first-order valence-corrected chi connectivity index (χ1v) is 7.46. The Kier molecular flexibility index (Phi) is 5.17. The fourth-order valence-electron chi connectivity index (χ4n) is 2.39. The number of aromatic nitrogens is 3. The average Bonchev–Trinajstić information content (AvgIpc) is 3.11. The van der Waals surface area contributed by atoms with Crippen LogP contribution in [0.2, 0.25) is 0 Å². The van der Waals surface area contributed by atoms with E-state index in [1.54, 1.807) is 0 Å². The fraction of sp³-hybridized carbons (Fsp3) is 0.857. The molecule has 1 aromatic heterocycles. The molecular weight excluding hydrogens is 224 g/mol. The summed E-state index contributed by atoms with van der Waals surface area (Å²) in [5.74, 6) is 0.884. The van der Waals surface area contributed by atoms with Crippen molar-refractivity contribution in [3.8, 4) is 0 Å². The molecular formula is C14H26N4. The summed E-state index contributed by atoms with van der Waals surface area (Å²) in [6.07, 6.45) is 9.91. The number of rotatable bonds is 9. The average molecular weight is 250 g/mol. The number of unbranched alkanes of at least 4 members (excludes halogenated alkanes) is 3. The molecule has 0 aliphatic heterocycles. The van der Waals surface area contributed by atoms with Gasteiger partial charge in [-0.2, -0.15) is 0 Å². The van der Waals surface area contributed by atoms with E-state index in [1.165, 1.54) is 44.2 Å². The van der Waals surface area contributed by atoms with E-state index in [1.807, 2.05) is 0 Å². The van der Waals surface area contributed by atoms with E-state index in [-0.39, 0.29) is 0 Å². The monoisotopic (exact) mass is 250 g/mol. The molecule has 1 aliphatic carbocycles. The first kappa shape index (κ1) is 13.5. The van der Waals surface area contributed by atoms with Crippen molar-refractivity contribution in [2.45, 2.75) is 64.8 Å². The predicted molar refractivity (Wildman–Crippen MR) is 73.4 cm³/mol. The first-order valence-electron chi connectivity index (χ1n) is 7.46. The van der Waals surface area contributed by atoms with Gasteiger partial charge < -0.3 is 5.73 Å². The molecule has 4 nitrogen and oxygen atoms in total. The lowest BCUT2D eigenvalue weighted by molar-refractivity contribution is 0.507. The van der Waals surface area contributed by atoms with Gasteiger partial charge in [0, 0.05) is 13.0 Å². The summed E-state index contributed by atoms with van der Waals surface area (Å²) >= 11 is 0. The third-order valence-electron chi connectivity index (χ3n) is 3.70. The van der Waals surface area contributed by atoms with Gasteiger partial charge in [0.15, 0.2) is 0 Å². The fourth-order valence-corrected chi connectivity index (χ4v) is 2.39. The minimum Gasteiger partial charge on any atom is -0.330 e. The van der Waals surface area contributed by atoms with Crippen molar-refractivity contribution in [3.05, 3.63) is 11.4 Å². The van der Waals surface area contributed by atoms with Crippen molar-refractivity contribution in [1.82, 2.24) is 15.0 Å². The van der Waals surface area contributed by atoms with Crippen LogP contribution in [0.1, 0.15) is 56.8 Å². The molecule has 102 valence electrons. The van der Waals surface area contributed by atoms with Crippen LogP contribution in [-0.2, 0) is 19.4 Å². The molecule has 1 saturated carbocycles. The van der Waals surface area contributed by atoms with Gasteiger partial charge in [-0.05, 0) is 38.1 Å². The molecule has 0 bridgehead atoms. The molecule has 1 heterocycles. The van der Waals surface area contributed by atoms with Crippen LogP contribution in [0.3, 0.4) is 0 Å². The van der Waals surface area contributed by atoms with E-state index in [2.05, 4.69) is 21.9 Å². The Bertz CT molecular complexity index is 355.